The second-order valence-electron chi connectivity index (χ2n) is 3.38. The first-order valence-electron chi connectivity index (χ1n) is 5.39. The molecule has 0 unspecified atom stereocenters. The number of carbonyl (C=O) groups is 1. The lowest BCUT2D eigenvalue weighted by atomic mass is 10.1. The SMILES string of the molecule is NCCCCCCC(=O)NCCCO. The molecule has 84 valence electrons. The van der Waals surface area contributed by atoms with E-state index in [1.165, 1.54) is 0 Å². The van der Waals surface area contributed by atoms with Crippen molar-refractivity contribution in [2.75, 3.05) is 19.7 Å². The van der Waals surface area contributed by atoms with Gasteiger partial charge >= 0.3 is 0 Å². The molecule has 1 amide bonds. The van der Waals surface area contributed by atoms with Crippen molar-refractivity contribution >= 4 is 5.91 Å². The Labute approximate surface area is 85.9 Å². The van der Waals surface area contributed by atoms with E-state index in [4.69, 9.17) is 10.8 Å². The molecule has 4 heteroatoms. The molecule has 0 aromatic rings. The first kappa shape index (κ1) is 13.4. The zero-order valence-electron chi connectivity index (χ0n) is 8.80. The summed E-state index contributed by atoms with van der Waals surface area (Å²) in [5.41, 5.74) is 5.35. The van der Waals surface area contributed by atoms with E-state index in [1.807, 2.05) is 0 Å². The van der Waals surface area contributed by atoms with E-state index in [9.17, 15) is 4.79 Å². The molecule has 0 fully saturated rings. The maximum atomic E-state index is 11.1. The number of hydrogen-bond donors (Lipinski definition) is 3. The van der Waals surface area contributed by atoms with E-state index >= 15 is 0 Å². The van der Waals surface area contributed by atoms with E-state index in [0.29, 0.717) is 19.4 Å². The van der Waals surface area contributed by atoms with Crippen molar-refractivity contribution in [1.82, 2.24) is 5.32 Å². The monoisotopic (exact) mass is 202 g/mol. The van der Waals surface area contributed by atoms with Crippen LogP contribution in [0.1, 0.15) is 38.5 Å². The van der Waals surface area contributed by atoms with Gasteiger partial charge in [0, 0.05) is 19.6 Å². The normalized spacial score (nSPS) is 10.1. The number of carbonyl (C=O) groups excluding carboxylic acids is 1. The highest BCUT2D eigenvalue weighted by molar-refractivity contribution is 5.75. The van der Waals surface area contributed by atoms with Crippen molar-refractivity contribution in [3.8, 4) is 0 Å². The minimum absolute atomic E-state index is 0.0891. The van der Waals surface area contributed by atoms with Crippen molar-refractivity contribution in [3.05, 3.63) is 0 Å². The third-order valence-corrected chi connectivity index (χ3v) is 2.02. The van der Waals surface area contributed by atoms with Gasteiger partial charge < -0.3 is 16.2 Å². The van der Waals surface area contributed by atoms with Crippen LogP contribution in [0.4, 0.5) is 0 Å². The van der Waals surface area contributed by atoms with Crippen LogP contribution < -0.4 is 11.1 Å². The molecule has 4 N–H and O–H groups in total. The standard InChI is InChI=1S/C10H22N2O2/c11-7-4-2-1-3-6-10(14)12-8-5-9-13/h13H,1-9,11H2,(H,12,14). The van der Waals surface area contributed by atoms with Gasteiger partial charge in [-0.2, -0.15) is 0 Å². The summed E-state index contributed by atoms with van der Waals surface area (Å²) in [4.78, 5) is 11.1. The number of unbranched alkanes of at least 4 members (excludes halogenated alkanes) is 3. The van der Waals surface area contributed by atoms with Crippen LogP contribution in [-0.4, -0.2) is 30.7 Å². The highest BCUT2D eigenvalue weighted by Gasteiger charge is 1.99. The summed E-state index contributed by atoms with van der Waals surface area (Å²) in [6.45, 7) is 1.46. The second kappa shape index (κ2) is 10.5. The number of amides is 1. The summed E-state index contributed by atoms with van der Waals surface area (Å²) >= 11 is 0. The Hall–Kier alpha value is -0.610. The summed E-state index contributed by atoms with van der Waals surface area (Å²) < 4.78 is 0. The molecule has 4 nitrogen and oxygen atoms in total. The van der Waals surface area contributed by atoms with Gasteiger partial charge in [0.25, 0.3) is 0 Å². The van der Waals surface area contributed by atoms with Gasteiger partial charge in [0.15, 0.2) is 0 Å². The van der Waals surface area contributed by atoms with Crippen molar-refractivity contribution in [2.45, 2.75) is 38.5 Å². The van der Waals surface area contributed by atoms with Gasteiger partial charge in [-0.25, -0.2) is 0 Å². The number of aliphatic hydroxyl groups is 1. The average molecular weight is 202 g/mol. The van der Waals surface area contributed by atoms with Crippen molar-refractivity contribution in [2.24, 2.45) is 5.73 Å². The first-order valence-corrected chi connectivity index (χ1v) is 5.39. The molecule has 0 rings (SSSR count). The van der Waals surface area contributed by atoms with E-state index in [0.717, 1.165) is 32.2 Å². The molecule has 0 spiro atoms. The van der Waals surface area contributed by atoms with Gasteiger partial charge in [-0.15, -0.1) is 0 Å². The molecule has 0 aliphatic carbocycles. The predicted molar refractivity (Wildman–Crippen MR) is 56.9 cm³/mol. The summed E-state index contributed by atoms with van der Waals surface area (Å²) in [5.74, 6) is 0.0891. The Morgan fingerprint density at radius 3 is 2.50 bits per heavy atom. The lowest BCUT2D eigenvalue weighted by Gasteiger charge is -2.03. The van der Waals surface area contributed by atoms with E-state index in [1.54, 1.807) is 0 Å². The predicted octanol–water partition coefficient (Wildman–Crippen LogP) is 0.394. The van der Waals surface area contributed by atoms with Crippen molar-refractivity contribution < 1.29 is 9.90 Å². The molecule has 0 aromatic carbocycles. The van der Waals surface area contributed by atoms with Crippen LogP contribution in [0.5, 0.6) is 0 Å². The van der Waals surface area contributed by atoms with E-state index < -0.39 is 0 Å². The molecular weight excluding hydrogens is 180 g/mol. The molecule has 0 radical (unpaired) electrons. The fourth-order valence-electron chi connectivity index (χ4n) is 1.18. The molecule has 0 heterocycles. The number of hydrogen-bond acceptors (Lipinski definition) is 3. The van der Waals surface area contributed by atoms with Crippen molar-refractivity contribution in [1.29, 1.82) is 0 Å². The van der Waals surface area contributed by atoms with E-state index in [2.05, 4.69) is 5.32 Å². The highest BCUT2D eigenvalue weighted by atomic mass is 16.3. The smallest absolute Gasteiger partial charge is 0.219 e. The van der Waals surface area contributed by atoms with Gasteiger partial charge in [-0.1, -0.05) is 12.8 Å². The maximum Gasteiger partial charge on any atom is 0.219 e. The van der Waals surface area contributed by atoms with Crippen LogP contribution in [0, 0.1) is 0 Å². The Bertz CT molecular complexity index is 140. The molecule has 0 bridgehead atoms. The van der Waals surface area contributed by atoms with Gasteiger partial charge in [0.1, 0.15) is 0 Å². The summed E-state index contributed by atoms with van der Waals surface area (Å²) in [7, 11) is 0. The van der Waals surface area contributed by atoms with Gasteiger partial charge in [0.05, 0.1) is 0 Å². The molecule has 0 atom stereocenters. The molecule has 0 saturated heterocycles. The minimum atomic E-state index is 0.0891. The van der Waals surface area contributed by atoms with Crippen LogP contribution in [0.3, 0.4) is 0 Å². The molecular formula is C10H22N2O2. The molecule has 14 heavy (non-hydrogen) atoms. The summed E-state index contributed by atoms with van der Waals surface area (Å²) in [6, 6.07) is 0. The first-order chi connectivity index (χ1) is 6.81. The Morgan fingerprint density at radius 2 is 1.86 bits per heavy atom. The highest BCUT2D eigenvalue weighted by Crippen LogP contribution is 2.01. The molecule has 0 aliphatic rings. The van der Waals surface area contributed by atoms with Crippen LogP contribution in [-0.2, 0) is 4.79 Å². The van der Waals surface area contributed by atoms with Crippen LogP contribution in [0.25, 0.3) is 0 Å². The number of aliphatic hydroxyl groups excluding tert-OH is 1. The van der Waals surface area contributed by atoms with Crippen LogP contribution >= 0.6 is 0 Å². The van der Waals surface area contributed by atoms with Crippen LogP contribution in [0.15, 0.2) is 0 Å². The Balaban J connectivity index is 3.10. The van der Waals surface area contributed by atoms with E-state index in [-0.39, 0.29) is 12.5 Å². The van der Waals surface area contributed by atoms with Crippen molar-refractivity contribution in [3.63, 3.8) is 0 Å². The largest absolute Gasteiger partial charge is 0.396 e. The van der Waals surface area contributed by atoms with Gasteiger partial charge in [0.2, 0.25) is 5.91 Å². The maximum absolute atomic E-state index is 11.1. The summed E-state index contributed by atoms with van der Waals surface area (Å²) in [6.07, 6.45) is 5.40. The zero-order valence-corrected chi connectivity index (χ0v) is 8.80. The van der Waals surface area contributed by atoms with Gasteiger partial charge in [-0.3, -0.25) is 4.79 Å². The zero-order chi connectivity index (χ0) is 10.6. The second-order valence-corrected chi connectivity index (χ2v) is 3.38. The van der Waals surface area contributed by atoms with Crippen LogP contribution in [0.2, 0.25) is 0 Å². The lowest BCUT2D eigenvalue weighted by Crippen LogP contribution is -2.24. The topological polar surface area (TPSA) is 75.4 Å². The third kappa shape index (κ3) is 9.48. The summed E-state index contributed by atoms with van der Waals surface area (Å²) in [5, 5.41) is 11.2. The molecule has 0 saturated carbocycles. The molecule has 0 aliphatic heterocycles. The number of nitrogens with two attached hydrogens (primary N) is 1. The third-order valence-electron chi connectivity index (χ3n) is 2.02. The quantitative estimate of drug-likeness (QED) is 0.474. The number of rotatable bonds is 9. The Morgan fingerprint density at radius 1 is 1.14 bits per heavy atom. The minimum Gasteiger partial charge on any atom is -0.396 e. The fourth-order valence-corrected chi connectivity index (χ4v) is 1.18. The molecule has 0 aromatic heterocycles. The average Bonchev–Trinajstić information content (AvgIpc) is 2.18. The Kier molecular flexibility index (Phi) is 10.0. The van der Waals surface area contributed by atoms with Gasteiger partial charge in [-0.05, 0) is 25.8 Å². The number of nitrogens with one attached hydrogen (secondary N) is 1. The lowest BCUT2D eigenvalue weighted by molar-refractivity contribution is -0.121. The fraction of sp³-hybridized carbons (Fsp3) is 0.900.